The molecule has 4 nitrogen and oxygen atoms in total. The minimum absolute atomic E-state index is 0.278. The minimum Gasteiger partial charge on any atom is -0.383 e. The molecule has 0 spiro atoms. The van der Waals surface area contributed by atoms with Crippen LogP contribution in [-0.2, 0) is 24.0 Å². The van der Waals surface area contributed by atoms with Gasteiger partial charge in [-0.1, -0.05) is 20.8 Å². The molecule has 0 aliphatic carbocycles. The first-order valence-corrected chi connectivity index (χ1v) is 10.0. The Labute approximate surface area is 162 Å². The Morgan fingerprint density at radius 2 is 1.85 bits per heavy atom. The van der Waals surface area contributed by atoms with Crippen molar-refractivity contribution in [3.05, 3.63) is 46.9 Å². The Kier molecular flexibility index (Phi) is 5.95. The van der Waals surface area contributed by atoms with E-state index < -0.39 is 0 Å². The number of aryl methyl sites for hydroxylation is 4. The van der Waals surface area contributed by atoms with E-state index in [-0.39, 0.29) is 6.04 Å². The van der Waals surface area contributed by atoms with Gasteiger partial charge in [0.15, 0.2) is 0 Å². The summed E-state index contributed by atoms with van der Waals surface area (Å²) in [6.45, 7) is 11.5. The molecule has 3 heterocycles. The second-order valence-electron chi connectivity index (χ2n) is 7.25. The standard InChI is InChI=1S/C23H31N3O/c1-7-17-12-21-22(15(4)13-26(21)16(5)14-27-6)25-23(17)19-11-10-18(8-2)24-20(19)9-3/h10-13,16H,7-9,14H2,1-6H3/t16-/m0/s1. The number of pyridine rings is 2. The van der Waals surface area contributed by atoms with Gasteiger partial charge in [-0.3, -0.25) is 4.98 Å². The van der Waals surface area contributed by atoms with Crippen LogP contribution in [0.25, 0.3) is 22.3 Å². The molecule has 0 unspecified atom stereocenters. The van der Waals surface area contributed by atoms with Gasteiger partial charge in [0.05, 0.1) is 29.4 Å². The lowest BCUT2D eigenvalue weighted by Crippen LogP contribution is -2.10. The number of fused-ring (bicyclic) bond motifs is 1. The summed E-state index contributed by atoms with van der Waals surface area (Å²) in [7, 11) is 1.75. The van der Waals surface area contributed by atoms with Crippen molar-refractivity contribution in [2.24, 2.45) is 0 Å². The predicted octanol–water partition coefficient (Wildman–Crippen LogP) is 5.30. The first-order valence-electron chi connectivity index (χ1n) is 10.0. The third-order valence-electron chi connectivity index (χ3n) is 5.31. The van der Waals surface area contributed by atoms with Crippen LogP contribution in [0.3, 0.4) is 0 Å². The topological polar surface area (TPSA) is 39.9 Å². The molecule has 3 aromatic heterocycles. The Hall–Kier alpha value is -2.20. The monoisotopic (exact) mass is 365 g/mol. The lowest BCUT2D eigenvalue weighted by molar-refractivity contribution is 0.164. The summed E-state index contributed by atoms with van der Waals surface area (Å²) < 4.78 is 7.66. The van der Waals surface area contributed by atoms with Crippen LogP contribution in [-0.4, -0.2) is 28.3 Å². The third-order valence-corrected chi connectivity index (χ3v) is 5.31. The third kappa shape index (κ3) is 3.63. The molecule has 0 radical (unpaired) electrons. The number of methoxy groups -OCH3 is 1. The molecule has 27 heavy (non-hydrogen) atoms. The molecule has 0 amide bonds. The van der Waals surface area contributed by atoms with Crippen molar-refractivity contribution in [1.82, 2.24) is 14.5 Å². The van der Waals surface area contributed by atoms with Crippen molar-refractivity contribution in [3.63, 3.8) is 0 Å². The summed E-state index contributed by atoms with van der Waals surface area (Å²) >= 11 is 0. The average Bonchev–Trinajstić information content (AvgIpc) is 3.02. The zero-order valence-electron chi connectivity index (χ0n) is 17.5. The van der Waals surface area contributed by atoms with Crippen LogP contribution in [0, 0.1) is 6.92 Å². The number of hydrogen-bond donors (Lipinski definition) is 0. The van der Waals surface area contributed by atoms with Crippen LogP contribution in [0.15, 0.2) is 24.4 Å². The van der Waals surface area contributed by atoms with Gasteiger partial charge in [0.1, 0.15) is 0 Å². The molecule has 3 aromatic rings. The van der Waals surface area contributed by atoms with E-state index in [1.807, 2.05) is 0 Å². The van der Waals surface area contributed by atoms with Crippen LogP contribution < -0.4 is 0 Å². The van der Waals surface area contributed by atoms with Crippen molar-refractivity contribution in [3.8, 4) is 11.3 Å². The molecule has 4 heteroatoms. The molecule has 0 N–H and O–H groups in total. The quantitative estimate of drug-likeness (QED) is 0.570. The van der Waals surface area contributed by atoms with Crippen LogP contribution in [0.4, 0.5) is 0 Å². The number of aromatic nitrogens is 3. The van der Waals surface area contributed by atoms with E-state index >= 15 is 0 Å². The van der Waals surface area contributed by atoms with Gasteiger partial charge in [0, 0.05) is 30.3 Å². The molecule has 144 valence electrons. The van der Waals surface area contributed by atoms with E-state index in [1.54, 1.807) is 7.11 Å². The van der Waals surface area contributed by atoms with Gasteiger partial charge < -0.3 is 9.30 Å². The maximum atomic E-state index is 5.37. The Bertz CT molecular complexity index is 942. The fourth-order valence-corrected chi connectivity index (χ4v) is 3.79. The Morgan fingerprint density at radius 3 is 2.48 bits per heavy atom. The van der Waals surface area contributed by atoms with Crippen LogP contribution >= 0.6 is 0 Å². The van der Waals surface area contributed by atoms with E-state index in [4.69, 9.17) is 14.7 Å². The Morgan fingerprint density at radius 1 is 1.07 bits per heavy atom. The lowest BCUT2D eigenvalue weighted by Gasteiger charge is -2.16. The maximum absolute atomic E-state index is 5.37. The fourth-order valence-electron chi connectivity index (χ4n) is 3.79. The summed E-state index contributed by atoms with van der Waals surface area (Å²) in [6, 6.07) is 6.93. The summed E-state index contributed by atoms with van der Waals surface area (Å²) in [5.74, 6) is 0. The van der Waals surface area contributed by atoms with Crippen LogP contribution in [0.1, 0.15) is 56.3 Å². The van der Waals surface area contributed by atoms with Crippen molar-refractivity contribution in [2.75, 3.05) is 13.7 Å². The van der Waals surface area contributed by atoms with Gasteiger partial charge in [-0.15, -0.1) is 0 Å². The largest absolute Gasteiger partial charge is 0.383 e. The summed E-state index contributed by atoms with van der Waals surface area (Å²) in [5, 5.41) is 0. The highest BCUT2D eigenvalue weighted by Gasteiger charge is 2.18. The molecule has 0 aliphatic heterocycles. The first-order chi connectivity index (χ1) is 13.0. The summed E-state index contributed by atoms with van der Waals surface area (Å²) in [6.07, 6.45) is 5.01. The van der Waals surface area contributed by atoms with Crippen molar-refractivity contribution in [1.29, 1.82) is 0 Å². The number of hydrogen-bond acceptors (Lipinski definition) is 3. The predicted molar refractivity (Wildman–Crippen MR) is 112 cm³/mol. The molecule has 0 aliphatic rings. The fraction of sp³-hybridized carbons (Fsp3) is 0.478. The lowest BCUT2D eigenvalue weighted by atomic mass is 10.00. The molecular weight excluding hydrogens is 334 g/mol. The van der Waals surface area contributed by atoms with Gasteiger partial charge in [0.25, 0.3) is 0 Å². The SMILES string of the molecule is CCc1ccc(-c2nc3c(C)cn([C@@H](C)COC)c3cc2CC)c(CC)n1. The van der Waals surface area contributed by atoms with Gasteiger partial charge in [-0.25, -0.2) is 4.98 Å². The van der Waals surface area contributed by atoms with Crippen molar-refractivity contribution in [2.45, 2.75) is 59.9 Å². The van der Waals surface area contributed by atoms with Gasteiger partial charge in [-0.2, -0.15) is 0 Å². The first kappa shape index (κ1) is 19.6. The second kappa shape index (κ2) is 8.22. The van der Waals surface area contributed by atoms with Crippen LogP contribution in [0.2, 0.25) is 0 Å². The van der Waals surface area contributed by atoms with Crippen molar-refractivity contribution >= 4 is 11.0 Å². The van der Waals surface area contributed by atoms with Crippen molar-refractivity contribution < 1.29 is 4.74 Å². The molecule has 0 bridgehead atoms. The zero-order valence-corrected chi connectivity index (χ0v) is 17.5. The second-order valence-corrected chi connectivity index (χ2v) is 7.25. The molecule has 3 rings (SSSR count). The summed E-state index contributed by atoms with van der Waals surface area (Å²) in [5.41, 5.74) is 9.27. The van der Waals surface area contributed by atoms with E-state index in [9.17, 15) is 0 Å². The zero-order chi connectivity index (χ0) is 19.6. The summed E-state index contributed by atoms with van der Waals surface area (Å²) in [4.78, 5) is 10.0. The molecule has 0 fully saturated rings. The highest BCUT2D eigenvalue weighted by atomic mass is 16.5. The highest BCUT2D eigenvalue weighted by Crippen LogP contribution is 2.32. The smallest absolute Gasteiger partial charge is 0.0917 e. The van der Waals surface area contributed by atoms with E-state index in [2.05, 4.69) is 63.6 Å². The molecule has 0 saturated heterocycles. The number of rotatable bonds is 7. The molecule has 0 saturated carbocycles. The number of ether oxygens (including phenoxy) is 1. The minimum atomic E-state index is 0.278. The molecule has 1 atom stereocenters. The van der Waals surface area contributed by atoms with E-state index in [1.165, 1.54) is 22.2 Å². The molecule has 0 aromatic carbocycles. The average molecular weight is 366 g/mol. The normalized spacial score (nSPS) is 12.7. The highest BCUT2D eigenvalue weighted by molar-refractivity contribution is 5.84. The van der Waals surface area contributed by atoms with Gasteiger partial charge >= 0.3 is 0 Å². The Balaban J connectivity index is 2.22. The maximum Gasteiger partial charge on any atom is 0.0917 e. The van der Waals surface area contributed by atoms with E-state index in [0.29, 0.717) is 6.61 Å². The van der Waals surface area contributed by atoms with Gasteiger partial charge in [-0.05, 0) is 62.4 Å². The molecular formula is C23H31N3O. The van der Waals surface area contributed by atoms with E-state index in [0.717, 1.165) is 41.9 Å². The van der Waals surface area contributed by atoms with Gasteiger partial charge in [0.2, 0.25) is 0 Å². The number of nitrogens with zero attached hydrogens (tertiary/aromatic N) is 3. The van der Waals surface area contributed by atoms with Crippen LogP contribution in [0.5, 0.6) is 0 Å².